The van der Waals surface area contributed by atoms with Crippen LogP contribution in [0.1, 0.15) is 11.0 Å². The molecule has 0 aliphatic carbocycles. The van der Waals surface area contributed by atoms with E-state index in [2.05, 4.69) is 15.6 Å². The van der Waals surface area contributed by atoms with Gasteiger partial charge in [-0.25, -0.2) is 14.2 Å². The Labute approximate surface area is 168 Å². The number of H-pyrrole nitrogens is 1. The molecule has 1 fully saturated rings. The number of amides is 2. The Balaban J connectivity index is 1.82. The van der Waals surface area contributed by atoms with Crippen LogP contribution < -0.4 is 16.2 Å². The van der Waals surface area contributed by atoms with Gasteiger partial charge in [-0.05, 0) is 24.3 Å². The summed E-state index contributed by atoms with van der Waals surface area (Å²) in [6, 6.07) is 5.88. The SMILES string of the molecule is CNC(=O)N1CCNCC1c1nc2c3ccc(F)cc3c3c(=O)[nH]ccc3c2s1. The van der Waals surface area contributed by atoms with Gasteiger partial charge in [0.05, 0.1) is 21.6 Å². The third kappa shape index (κ3) is 2.77. The molecule has 1 saturated heterocycles. The van der Waals surface area contributed by atoms with Crippen LogP contribution >= 0.6 is 11.3 Å². The van der Waals surface area contributed by atoms with Gasteiger partial charge in [0.25, 0.3) is 5.56 Å². The van der Waals surface area contributed by atoms with Crippen LogP contribution in [0.25, 0.3) is 31.8 Å². The summed E-state index contributed by atoms with van der Waals surface area (Å²) in [4.78, 5) is 34.2. The zero-order valence-electron chi connectivity index (χ0n) is 15.6. The Morgan fingerprint density at radius 3 is 3.00 bits per heavy atom. The molecular formula is C20H18FN5O2S. The highest BCUT2D eigenvalue weighted by Crippen LogP contribution is 2.39. The molecule has 4 aromatic rings. The number of carbonyl (C=O) groups is 1. The first-order chi connectivity index (χ1) is 14.1. The van der Waals surface area contributed by atoms with E-state index in [1.165, 1.54) is 23.5 Å². The number of pyridine rings is 1. The molecule has 0 radical (unpaired) electrons. The van der Waals surface area contributed by atoms with Crippen LogP contribution in [0.2, 0.25) is 0 Å². The first kappa shape index (κ1) is 18.0. The lowest BCUT2D eigenvalue weighted by Crippen LogP contribution is -2.51. The van der Waals surface area contributed by atoms with Gasteiger partial charge in [-0.15, -0.1) is 11.3 Å². The van der Waals surface area contributed by atoms with E-state index in [0.717, 1.165) is 32.5 Å². The van der Waals surface area contributed by atoms with Crippen LogP contribution in [-0.4, -0.2) is 47.6 Å². The van der Waals surface area contributed by atoms with E-state index < -0.39 is 5.82 Å². The Hall–Kier alpha value is -3.04. The summed E-state index contributed by atoms with van der Waals surface area (Å²) < 4.78 is 14.8. The number of rotatable bonds is 1. The summed E-state index contributed by atoms with van der Waals surface area (Å²) in [6.45, 7) is 1.89. The molecule has 1 unspecified atom stereocenters. The Morgan fingerprint density at radius 2 is 2.17 bits per heavy atom. The largest absolute Gasteiger partial charge is 0.341 e. The first-order valence-electron chi connectivity index (χ1n) is 9.30. The molecule has 29 heavy (non-hydrogen) atoms. The van der Waals surface area contributed by atoms with Crippen molar-refractivity contribution < 1.29 is 9.18 Å². The summed E-state index contributed by atoms with van der Waals surface area (Å²) in [5.74, 6) is -0.404. The van der Waals surface area contributed by atoms with Gasteiger partial charge in [0, 0.05) is 49.0 Å². The van der Waals surface area contributed by atoms with Crippen molar-refractivity contribution in [3.05, 3.63) is 51.6 Å². The van der Waals surface area contributed by atoms with Crippen LogP contribution in [-0.2, 0) is 0 Å². The molecule has 5 rings (SSSR count). The lowest BCUT2D eigenvalue weighted by molar-refractivity contribution is 0.160. The van der Waals surface area contributed by atoms with Crippen molar-refractivity contribution >= 4 is 49.1 Å². The average Bonchev–Trinajstić information content (AvgIpc) is 3.18. The van der Waals surface area contributed by atoms with Crippen molar-refractivity contribution in [1.82, 2.24) is 25.5 Å². The van der Waals surface area contributed by atoms with E-state index >= 15 is 0 Å². The van der Waals surface area contributed by atoms with E-state index in [-0.39, 0.29) is 17.6 Å². The molecule has 1 atom stereocenters. The van der Waals surface area contributed by atoms with Gasteiger partial charge in [-0.3, -0.25) is 4.79 Å². The molecule has 2 aromatic carbocycles. The van der Waals surface area contributed by atoms with Gasteiger partial charge in [0.15, 0.2) is 0 Å². The smallest absolute Gasteiger partial charge is 0.317 e. The average molecular weight is 411 g/mol. The third-order valence-electron chi connectivity index (χ3n) is 5.36. The number of nitrogens with zero attached hydrogens (tertiary/aromatic N) is 2. The van der Waals surface area contributed by atoms with Gasteiger partial charge in [0.1, 0.15) is 10.8 Å². The fraction of sp³-hybridized carbons (Fsp3) is 0.250. The predicted octanol–water partition coefficient (Wildman–Crippen LogP) is 2.72. The fourth-order valence-corrected chi connectivity index (χ4v) is 5.25. The highest BCUT2D eigenvalue weighted by Gasteiger charge is 2.30. The summed E-state index contributed by atoms with van der Waals surface area (Å²) in [5, 5.41) is 9.25. The van der Waals surface area contributed by atoms with Crippen molar-refractivity contribution in [2.75, 3.05) is 26.7 Å². The third-order valence-corrected chi connectivity index (χ3v) is 6.55. The topological polar surface area (TPSA) is 90.1 Å². The van der Waals surface area contributed by atoms with E-state index in [1.807, 2.05) is 6.07 Å². The number of urea groups is 1. The van der Waals surface area contributed by atoms with Crippen molar-refractivity contribution in [2.24, 2.45) is 0 Å². The molecule has 148 valence electrons. The summed E-state index contributed by atoms with van der Waals surface area (Å²) >= 11 is 1.47. The van der Waals surface area contributed by atoms with E-state index in [4.69, 9.17) is 4.98 Å². The molecule has 2 aromatic heterocycles. The maximum absolute atomic E-state index is 14.0. The first-order valence-corrected chi connectivity index (χ1v) is 10.1. The summed E-state index contributed by atoms with van der Waals surface area (Å²) in [7, 11) is 1.61. The summed E-state index contributed by atoms with van der Waals surface area (Å²) in [5.41, 5.74) is 0.460. The van der Waals surface area contributed by atoms with Gasteiger partial charge in [0.2, 0.25) is 0 Å². The highest BCUT2D eigenvalue weighted by atomic mass is 32.1. The molecule has 9 heteroatoms. The van der Waals surface area contributed by atoms with E-state index in [1.54, 1.807) is 24.2 Å². The lowest BCUT2D eigenvalue weighted by atomic mass is 10.0. The second-order valence-corrected chi connectivity index (χ2v) is 8.01. The molecule has 3 heterocycles. The van der Waals surface area contributed by atoms with Crippen LogP contribution in [0.5, 0.6) is 0 Å². The monoisotopic (exact) mass is 411 g/mol. The minimum Gasteiger partial charge on any atom is -0.341 e. The van der Waals surface area contributed by atoms with Gasteiger partial charge < -0.3 is 20.5 Å². The van der Waals surface area contributed by atoms with Gasteiger partial charge >= 0.3 is 6.03 Å². The highest BCUT2D eigenvalue weighted by molar-refractivity contribution is 7.19. The van der Waals surface area contributed by atoms with Crippen LogP contribution in [0.4, 0.5) is 9.18 Å². The molecule has 0 spiro atoms. The van der Waals surface area contributed by atoms with Crippen molar-refractivity contribution in [3.8, 4) is 0 Å². The number of aromatic nitrogens is 2. The van der Waals surface area contributed by atoms with Crippen LogP contribution in [0, 0.1) is 5.82 Å². The Morgan fingerprint density at radius 1 is 1.31 bits per heavy atom. The quantitative estimate of drug-likeness (QED) is 0.420. The molecule has 0 bridgehead atoms. The second kappa shape index (κ2) is 6.78. The van der Waals surface area contributed by atoms with E-state index in [0.29, 0.717) is 23.9 Å². The van der Waals surface area contributed by atoms with Crippen molar-refractivity contribution in [3.63, 3.8) is 0 Å². The minimum absolute atomic E-state index is 0.149. The zero-order valence-corrected chi connectivity index (χ0v) is 16.4. The Kier molecular flexibility index (Phi) is 4.21. The molecule has 2 amide bonds. The number of piperazine rings is 1. The number of nitrogens with one attached hydrogen (secondary N) is 3. The molecule has 1 aliphatic heterocycles. The van der Waals surface area contributed by atoms with E-state index in [9.17, 15) is 14.0 Å². The van der Waals surface area contributed by atoms with Crippen molar-refractivity contribution in [2.45, 2.75) is 6.04 Å². The van der Waals surface area contributed by atoms with Gasteiger partial charge in [-0.1, -0.05) is 0 Å². The Bertz CT molecular complexity index is 1330. The standard InChI is InChI=1S/C20H18FN5O2S/c1-22-20(28)26-7-6-23-9-14(26)19-25-16-11-3-2-10(21)8-13(11)15-12(17(16)29-19)4-5-24-18(15)27/h2-5,8,14,23H,6-7,9H2,1H3,(H,22,28)(H,24,27). The van der Waals surface area contributed by atoms with Crippen LogP contribution in [0.15, 0.2) is 35.3 Å². The van der Waals surface area contributed by atoms with Crippen molar-refractivity contribution in [1.29, 1.82) is 0 Å². The number of aromatic amines is 1. The number of halogens is 1. The minimum atomic E-state index is -0.404. The molecule has 7 nitrogen and oxygen atoms in total. The summed E-state index contributed by atoms with van der Waals surface area (Å²) in [6.07, 6.45) is 1.59. The van der Waals surface area contributed by atoms with Gasteiger partial charge in [-0.2, -0.15) is 0 Å². The maximum atomic E-state index is 14.0. The predicted molar refractivity (Wildman–Crippen MR) is 112 cm³/mol. The number of thiazole rings is 1. The number of carbonyl (C=O) groups excluding carboxylic acids is 1. The zero-order chi connectivity index (χ0) is 20.1. The number of hydrogen-bond acceptors (Lipinski definition) is 5. The fourth-order valence-electron chi connectivity index (χ4n) is 4.02. The number of fused-ring (bicyclic) bond motifs is 6. The molecule has 1 aliphatic rings. The van der Waals surface area contributed by atoms with Crippen LogP contribution in [0.3, 0.4) is 0 Å². The molecular weight excluding hydrogens is 393 g/mol. The number of hydrogen-bond donors (Lipinski definition) is 3. The lowest BCUT2D eigenvalue weighted by Gasteiger charge is -2.34. The normalized spacial score (nSPS) is 17.3. The number of benzene rings is 2. The molecule has 0 saturated carbocycles. The maximum Gasteiger partial charge on any atom is 0.317 e. The second-order valence-electron chi connectivity index (χ2n) is 6.98. The molecule has 3 N–H and O–H groups in total.